The van der Waals surface area contributed by atoms with Crippen molar-refractivity contribution in [3.8, 4) is 0 Å². The van der Waals surface area contributed by atoms with E-state index in [-0.39, 0.29) is 23.3 Å². The first-order valence-electron chi connectivity index (χ1n) is 6.69. The van der Waals surface area contributed by atoms with Gasteiger partial charge in [-0.25, -0.2) is 0 Å². The third kappa shape index (κ3) is 1.91. The van der Waals surface area contributed by atoms with Gasteiger partial charge in [0.1, 0.15) is 6.04 Å². The SMILES string of the molecule is CC1(C)CN(C(=O)C2CCC(=O)N2)c2ccccc21. The van der Waals surface area contributed by atoms with Gasteiger partial charge in [-0.1, -0.05) is 32.0 Å². The summed E-state index contributed by atoms with van der Waals surface area (Å²) in [5, 5.41) is 2.76. The molecule has 0 spiro atoms. The van der Waals surface area contributed by atoms with Gasteiger partial charge in [-0.05, 0) is 18.1 Å². The summed E-state index contributed by atoms with van der Waals surface area (Å²) in [7, 11) is 0. The molecule has 1 fully saturated rings. The average Bonchev–Trinajstić information content (AvgIpc) is 2.92. The highest BCUT2D eigenvalue weighted by molar-refractivity contribution is 6.02. The van der Waals surface area contributed by atoms with Crippen molar-refractivity contribution >= 4 is 17.5 Å². The molecule has 19 heavy (non-hydrogen) atoms. The molecule has 4 nitrogen and oxygen atoms in total. The quantitative estimate of drug-likeness (QED) is 0.831. The monoisotopic (exact) mass is 258 g/mol. The highest BCUT2D eigenvalue weighted by Gasteiger charge is 2.41. The summed E-state index contributed by atoms with van der Waals surface area (Å²) >= 11 is 0. The van der Waals surface area contributed by atoms with Crippen LogP contribution in [0.15, 0.2) is 24.3 Å². The Morgan fingerprint density at radius 1 is 1.37 bits per heavy atom. The predicted molar refractivity (Wildman–Crippen MR) is 73.0 cm³/mol. The molecule has 1 N–H and O–H groups in total. The number of para-hydroxylation sites is 1. The first-order valence-corrected chi connectivity index (χ1v) is 6.69. The lowest BCUT2D eigenvalue weighted by Gasteiger charge is -2.23. The van der Waals surface area contributed by atoms with Crippen molar-refractivity contribution in [2.24, 2.45) is 0 Å². The van der Waals surface area contributed by atoms with Gasteiger partial charge in [0, 0.05) is 24.1 Å². The third-order valence-corrected chi connectivity index (χ3v) is 4.04. The van der Waals surface area contributed by atoms with E-state index in [0.717, 1.165) is 5.69 Å². The second kappa shape index (κ2) is 4.08. The van der Waals surface area contributed by atoms with Crippen LogP contribution in [0.5, 0.6) is 0 Å². The molecule has 0 aliphatic carbocycles. The summed E-state index contributed by atoms with van der Waals surface area (Å²) in [6.07, 6.45) is 1.06. The lowest BCUT2D eigenvalue weighted by Crippen LogP contribution is -2.45. The topological polar surface area (TPSA) is 49.4 Å². The average molecular weight is 258 g/mol. The van der Waals surface area contributed by atoms with E-state index in [1.165, 1.54) is 5.56 Å². The van der Waals surface area contributed by atoms with Gasteiger partial charge in [0.2, 0.25) is 11.8 Å². The zero-order valence-electron chi connectivity index (χ0n) is 11.3. The number of carbonyl (C=O) groups excluding carboxylic acids is 2. The zero-order valence-corrected chi connectivity index (χ0v) is 11.3. The van der Waals surface area contributed by atoms with Crippen molar-refractivity contribution in [1.29, 1.82) is 0 Å². The molecule has 2 heterocycles. The smallest absolute Gasteiger partial charge is 0.249 e. The lowest BCUT2D eigenvalue weighted by molar-refractivity contribution is -0.124. The summed E-state index contributed by atoms with van der Waals surface area (Å²) in [6.45, 7) is 4.97. The molecule has 2 amide bonds. The maximum absolute atomic E-state index is 12.6. The van der Waals surface area contributed by atoms with Crippen molar-refractivity contribution in [2.75, 3.05) is 11.4 Å². The maximum Gasteiger partial charge on any atom is 0.249 e. The summed E-state index contributed by atoms with van der Waals surface area (Å²) in [6, 6.07) is 7.67. The van der Waals surface area contributed by atoms with Crippen LogP contribution < -0.4 is 10.2 Å². The minimum absolute atomic E-state index is 0.0175. The molecular formula is C15H18N2O2. The van der Waals surface area contributed by atoms with E-state index in [4.69, 9.17) is 0 Å². The van der Waals surface area contributed by atoms with Crippen LogP contribution in [-0.2, 0) is 15.0 Å². The van der Waals surface area contributed by atoms with Gasteiger partial charge in [-0.3, -0.25) is 9.59 Å². The number of hydrogen-bond donors (Lipinski definition) is 1. The number of amides is 2. The van der Waals surface area contributed by atoms with Gasteiger partial charge in [0.25, 0.3) is 0 Å². The summed E-state index contributed by atoms with van der Waals surface area (Å²) in [5.41, 5.74) is 2.15. The number of hydrogen-bond acceptors (Lipinski definition) is 2. The number of anilines is 1. The Morgan fingerprint density at radius 3 is 2.79 bits per heavy atom. The van der Waals surface area contributed by atoms with Crippen LogP contribution in [0.1, 0.15) is 32.3 Å². The van der Waals surface area contributed by atoms with Crippen molar-refractivity contribution < 1.29 is 9.59 Å². The molecule has 0 radical (unpaired) electrons. The molecule has 1 atom stereocenters. The molecule has 2 aliphatic rings. The first kappa shape index (κ1) is 12.2. The van der Waals surface area contributed by atoms with Crippen LogP contribution in [0.3, 0.4) is 0 Å². The molecule has 4 heteroatoms. The van der Waals surface area contributed by atoms with Crippen molar-refractivity contribution in [1.82, 2.24) is 5.32 Å². The molecular weight excluding hydrogens is 240 g/mol. The number of nitrogens with zero attached hydrogens (tertiary/aromatic N) is 1. The Labute approximate surface area is 112 Å². The van der Waals surface area contributed by atoms with Gasteiger partial charge in [-0.15, -0.1) is 0 Å². The largest absolute Gasteiger partial charge is 0.344 e. The molecule has 1 unspecified atom stereocenters. The van der Waals surface area contributed by atoms with E-state index in [9.17, 15) is 9.59 Å². The Morgan fingerprint density at radius 2 is 2.11 bits per heavy atom. The third-order valence-electron chi connectivity index (χ3n) is 4.04. The molecule has 0 saturated carbocycles. The summed E-state index contributed by atoms with van der Waals surface area (Å²) in [5.74, 6) is -0.00559. The van der Waals surface area contributed by atoms with Crippen molar-refractivity contribution in [2.45, 2.75) is 38.1 Å². The van der Waals surface area contributed by atoms with Gasteiger partial charge in [0.05, 0.1) is 0 Å². The van der Waals surface area contributed by atoms with E-state index in [2.05, 4.69) is 25.2 Å². The second-order valence-corrected chi connectivity index (χ2v) is 5.98. The van der Waals surface area contributed by atoms with Crippen LogP contribution in [-0.4, -0.2) is 24.4 Å². The highest BCUT2D eigenvalue weighted by Crippen LogP contribution is 2.40. The van der Waals surface area contributed by atoms with Gasteiger partial charge < -0.3 is 10.2 Å². The Kier molecular flexibility index (Phi) is 2.62. The van der Waals surface area contributed by atoms with Crippen LogP contribution in [0.2, 0.25) is 0 Å². The fraction of sp³-hybridized carbons (Fsp3) is 0.467. The molecule has 0 bridgehead atoms. The number of benzene rings is 1. The van der Waals surface area contributed by atoms with Crippen LogP contribution in [0, 0.1) is 0 Å². The van der Waals surface area contributed by atoms with E-state index in [1.807, 2.05) is 23.1 Å². The van der Waals surface area contributed by atoms with Crippen LogP contribution in [0.25, 0.3) is 0 Å². The maximum atomic E-state index is 12.6. The Bertz CT molecular complexity index is 551. The molecule has 2 aliphatic heterocycles. The highest BCUT2D eigenvalue weighted by atomic mass is 16.2. The summed E-state index contributed by atoms with van der Waals surface area (Å²) < 4.78 is 0. The molecule has 3 rings (SSSR count). The van der Waals surface area contributed by atoms with Gasteiger partial charge in [-0.2, -0.15) is 0 Å². The minimum Gasteiger partial charge on any atom is -0.344 e. The van der Waals surface area contributed by atoms with Crippen LogP contribution in [0.4, 0.5) is 5.69 Å². The van der Waals surface area contributed by atoms with Crippen LogP contribution >= 0.6 is 0 Å². The first-order chi connectivity index (χ1) is 8.99. The zero-order chi connectivity index (χ0) is 13.6. The molecule has 0 aromatic heterocycles. The predicted octanol–water partition coefficient (Wildman–Crippen LogP) is 1.59. The molecule has 100 valence electrons. The number of rotatable bonds is 1. The Hall–Kier alpha value is -1.84. The summed E-state index contributed by atoms with van der Waals surface area (Å²) in [4.78, 5) is 25.6. The van der Waals surface area contributed by atoms with Crippen molar-refractivity contribution in [3.63, 3.8) is 0 Å². The van der Waals surface area contributed by atoms with E-state index < -0.39 is 0 Å². The Balaban J connectivity index is 1.91. The number of nitrogens with one attached hydrogen (secondary N) is 1. The van der Waals surface area contributed by atoms with Gasteiger partial charge >= 0.3 is 0 Å². The number of fused-ring (bicyclic) bond motifs is 1. The molecule has 1 aromatic carbocycles. The number of carbonyl (C=O) groups is 2. The second-order valence-electron chi connectivity index (χ2n) is 5.98. The standard InChI is InChI=1S/C15H18N2O2/c1-15(2)9-17(12-6-4-3-5-10(12)15)14(19)11-7-8-13(18)16-11/h3-6,11H,7-9H2,1-2H3,(H,16,18). The fourth-order valence-electron chi connectivity index (χ4n) is 3.03. The van der Waals surface area contributed by atoms with Crippen molar-refractivity contribution in [3.05, 3.63) is 29.8 Å². The molecule has 1 aromatic rings. The van der Waals surface area contributed by atoms with E-state index >= 15 is 0 Å². The minimum atomic E-state index is -0.352. The fourth-order valence-corrected chi connectivity index (χ4v) is 3.03. The van der Waals surface area contributed by atoms with E-state index in [1.54, 1.807) is 0 Å². The lowest BCUT2D eigenvalue weighted by atomic mass is 9.87. The van der Waals surface area contributed by atoms with E-state index in [0.29, 0.717) is 19.4 Å². The normalized spacial score (nSPS) is 24.2. The van der Waals surface area contributed by atoms with Gasteiger partial charge in [0.15, 0.2) is 0 Å². The molecule has 1 saturated heterocycles.